The third kappa shape index (κ3) is 4.20. The van der Waals surface area contributed by atoms with Crippen LogP contribution in [-0.2, 0) is 0 Å². The zero-order valence-corrected chi connectivity index (χ0v) is 21.7. The number of fused-ring (bicyclic) bond motifs is 4. The predicted molar refractivity (Wildman–Crippen MR) is 148 cm³/mol. The number of likely N-dealkylation sites (N-methyl/N-ethyl adjacent to an activating group) is 1. The number of aromatic nitrogens is 3. The summed E-state index contributed by atoms with van der Waals surface area (Å²) in [4.78, 5) is 19.7. The molecule has 1 N–H and O–H groups in total. The molecule has 0 spiro atoms. The lowest BCUT2D eigenvalue weighted by molar-refractivity contribution is 0.188. The van der Waals surface area contributed by atoms with Crippen LogP contribution in [0.5, 0.6) is 6.01 Å². The van der Waals surface area contributed by atoms with E-state index in [0.29, 0.717) is 30.7 Å². The lowest BCUT2D eigenvalue weighted by atomic mass is 9.97. The molecule has 2 bridgehead atoms. The third-order valence-electron chi connectivity index (χ3n) is 8.52. The summed E-state index contributed by atoms with van der Waals surface area (Å²) in [7, 11) is 2.17. The van der Waals surface area contributed by atoms with Gasteiger partial charge in [-0.05, 0) is 68.6 Å². The van der Waals surface area contributed by atoms with Crippen molar-refractivity contribution in [3.8, 4) is 17.3 Å². The van der Waals surface area contributed by atoms with Crippen LogP contribution in [0.2, 0.25) is 0 Å². The molecule has 7 heteroatoms. The monoisotopic (exact) mass is 494 g/mol. The summed E-state index contributed by atoms with van der Waals surface area (Å²) in [6.07, 6.45) is 6.80. The van der Waals surface area contributed by atoms with Gasteiger partial charge in [0.15, 0.2) is 0 Å². The number of hydrogen-bond donors (Lipinski definition) is 1. The molecule has 7 rings (SSSR count). The molecule has 3 atom stereocenters. The number of hydrogen-bond acceptors (Lipinski definition) is 7. The van der Waals surface area contributed by atoms with Gasteiger partial charge in [-0.2, -0.15) is 9.97 Å². The summed E-state index contributed by atoms with van der Waals surface area (Å²) < 4.78 is 6.28. The highest BCUT2D eigenvalue weighted by Gasteiger charge is 2.34. The molecule has 0 saturated carbocycles. The fraction of sp³-hybridized carbons (Fsp3) is 0.433. The molecule has 3 saturated heterocycles. The maximum atomic E-state index is 6.28. The second-order valence-corrected chi connectivity index (χ2v) is 11.0. The first-order chi connectivity index (χ1) is 18.1. The van der Waals surface area contributed by atoms with E-state index in [0.717, 1.165) is 54.0 Å². The Hall–Kier alpha value is -3.29. The van der Waals surface area contributed by atoms with E-state index in [2.05, 4.69) is 71.6 Å². The highest BCUT2D eigenvalue weighted by molar-refractivity contribution is 6.00. The van der Waals surface area contributed by atoms with Crippen molar-refractivity contribution in [2.24, 2.45) is 0 Å². The number of benzene rings is 2. The highest BCUT2D eigenvalue weighted by atomic mass is 16.5. The number of nitrogens with one attached hydrogen (secondary N) is 1. The molecule has 0 unspecified atom stereocenters. The van der Waals surface area contributed by atoms with E-state index in [9.17, 15) is 0 Å². The quantitative estimate of drug-likeness (QED) is 0.436. The number of rotatable bonds is 5. The van der Waals surface area contributed by atoms with Gasteiger partial charge < -0.3 is 19.9 Å². The molecule has 0 radical (unpaired) electrons. The summed E-state index contributed by atoms with van der Waals surface area (Å²) in [6.45, 7) is 5.82. The lowest BCUT2D eigenvalue weighted by Crippen LogP contribution is -2.51. The van der Waals surface area contributed by atoms with Crippen molar-refractivity contribution in [2.75, 3.05) is 38.2 Å². The predicted octanol–water partition coefficient (Wildman–Crippen LogP) is 4.57. The minimum absolute atomic E-state index is 0.421. The summed E-state index contributed by atoms with van der Waals surface area (Å²) >= 11 is 0. The second-order valence-electron chi connectivity index (χ2n) is 11.0. The molecule has 2 aromatic heterocycles. The lowest BCUT2D eigenvalue weighted by Gasteiger charge is -2.34. The van der Waals surface area contributed by atoms with Gasteiger partial charge in [-0.15, -0.1) is 0 Å². The zero-order valence-electron chi connectivity index (χ0n) is 21.7. The number of nitrogens with zero attached hydrogens (tertiary/aromatic N) is 5. The van der Waals surface area contributed by atoms with Crippen LogP contribution in [0, 0.1) is 6.92 Å². The van der Waals surface area contributed by atoms with Gasteiger partial charge in [0.25, 0.3) is 0 Å². The van der Waals surface area contributed by atoms with Crippen LogP contribution in [-0.4, -0.2) is 71.3 Å². The molecule has 37 heavy (non-hydrogen) atoms. The largest absolute Gasteiger partial charge is 0.462 e. The average molecular weight is 495 g/mol. The number of likely N-dealkylation sites (tertiary alicyclic amines) is 1. The number of aryl methyl sites for hydroxylation is 1. The minimum atomic E-state index is 0.421. The molecule has 190 valence electrons. The number of pyridine rings is 1. The summed E-state index contributed by atoms with van der Waals surface area (Å²) in [6, 6.07) is 16.9. The zero-order chi connectivity index (χ0) is 24.9. The summed E-state index contributed by atoms with van der Waals surface area (Å²) in [5.41, 5.74) is 4.20. The highest BCUT2D eigenvalue weighted by Crippen LogP contribution is 2.35. The molecule has 3 aliphatic heterocycles. The standard InChI is InChI=1S/C30H34N6O/c1-19-6-3-7-20-8-4-10-24(28(19)20)26-14-27-25(15-31-26)29(36-16-21-11-12-22(17-36)32-21)34-30(33-27)37-18-23-9-5-13-35(23)2/h3-4,6-8,10,14-15,21-23,32H,5,9,11-13,16-18H2,1-2H3/t21-,22+,23-/m0/s1. The third-order valence-corrected chi connectivity index (χ3v) is 8.52. The van der Waals surface area contributed by atoms with Crippen molar-refractivity contribution in [1.82, 2.24) is 25.2 Å². The van der Waals surface area contributed by atoms with Crippen molar-refractivity contribution in [2.45, 2.75) is 50.7 Å². The van der Waals surface area contributed by atoms with Crippen LogP contribution >= 0.6 is 0 Å². The van der Waals surface area contributed by atoms with Crippen molar-refractivity contribution < 1.29 is 4.74 Å². The van der Waals surface area contributed by atoms with E-state index in [1.165, 1.54) is 35.6 Å². The molecule has 5 heterocycles. The molecule has 7 nitrogen and oxygen atoms in total. The fourth-order valence-electron chi connectivity index (χ4n) is 6.51. The Balaban J connectivity index is 1.32. The Labute approximate surface area is 217 Å². The minimum Gasteiger partial charge on any atom is -0.462 e. The Morgan fingerprint density at radius 3 is 2.62 bits per heavy atom. The second kappa shape index (κ2) is 9.23. The number of piperazine rings is 1. The van der Waals surface area contributed by atoms with E-state index in [4.69, 9.17) is 19.7 Å². The Bertz CT molecular complexity index is 1450. The first-order valence-electron chi connectivity index (χ1n) is 13.6. The van der Waals surface area contributed by atoms with E-state index in [-0.39, 0.29) is 0 Å². The van der Waals surface area contributed by atoms with Gasteiger partial charge in [-0.1, -0.05) is 36.4 Å². The number of anilines is 1. The van der Waals surface area contributed by atoms with Crippen LogP contribution in [0.3, 0.4) is 0 Å². The topological polar surface area (TPSA) is 66.4 Å². The normalized spacial score (nSPS) is 23.8. The number of ether oxygens (including phenoxy) is 1. The summed E-state index contributed by atoms with van der Waals surface area (Å²) in [5.74, 6) is 0.950. The first kappa shape index (κ1) is 22.9. The van der Waals surface area contributed by atoms with Crippen molar-refractivity contribution in [3.05, 3.63) is 54.2 Å². The van der Waals surface area contributed by atoms with Crippen LogP contribution in [0.25, 0.3) is 32.9 Å². The Kier molecular flexibility index (Phi) is 5.70. The van der Waals surface area contributed by atoms with E-state index in [1.807, 2.05) is 6.20 Å². The molecule has 4 aromatic rings. The maximum Gasteiger partial charge on any atom is 0.319 e. The SMILES string of the molecule is Cc1cccc2cccc(-c3cc4nc(OC[C@@H]5CCCN5C)nc(N5C[C@H]6CC[C@@H](C5)N6)c4cn3)c12. The van der Waals surface area contributed by atoms with Crippen molar-refractivity contribution in [1.29, 1.82) is 0 Å². The van der Waals surface area contributed by atoms with Crippen LogP contribution < -0.4 is 15.0 Å². The van der Waals surface area contributed by atoms with Crippen LogP contribution in [0.15, 0.2) is 48.7 Å². The molecule has 3 fully saturated rings. The molecule has 0 amide bonds. The smallest absolute Gasteiger partial charge is 0.319 e. The van der Waals surface area contributed by atoms with Crippen molar-refractivity contribution in [3.63, 3.8) is 0 Å². The van der Waals surface area contributed by atoms with Gasteiger partial charge >= 0.3 is 6.01 Å². The molecule has 3 aliphatic rings. The van der Waals surface area contributed by atoms with Gasteiger partial charge in [0, 0.05) is 43.0 Å². The van der Waals surface area contributed by atoms with Gasteiger partial charge in [0.2, 0.25) is 0 Å². The van der Waals surface area contributed by atoms with Crippen LogP contribution in [0.4, 0.5) is 5.82 Å². The van der Waals surface area contributed by atoms with E-state index >= 15 is 0 Å². The van der Waals surface area contributed by atoms with E-state index < -0.39 is 0 Å². The Morgan fingerprint density at radius 1 is 1.03 bits per heavy atom. The van der Waals surface area contributed by atoms with Gasteiger partial charge in [0.1, 0.15) is 12.4 Å². The first-order valence-corrected chi connectivity index (χ1v) is 13.6. The van der Waals surface area contributed by atoms with Crippen molar-refractivity contribution >= 4 is 27.5 Å². The van der Waals surface area contributed by atoms with E-state index in [1.54, 1.807) is 0 Å². The fourth-order valence-corrected chi connectivity index (χ4v) is 6.51. The maximum absolute atomic E-state index is 6.28. The van der Waals surface area contributed by atoms with Gasteiger partial charge in [-0.3, -0.25) is 4.98 Å². The molecular weight excluding hydrogens is 460 g/mol. The summed E-state index contributed by atoms with van der Waals surface area (Å²) in [5, 5.41) is 7.20. The van der Waals surface area contributed by atoms with Gasteiger partial charge in [0.05, 0.1) is 16.6 Å². The van der Waals surface area contributed by atoms with Crippen LogP contribution in [0.1, 0.15) is 31.2 Å². The van der Waals surface area contributed by atoms with Gasteiger partial charge in [-0.25, -0.2) is 0 Å². The molecule has 2 aromatic carbocycles. The Morgan fingerprint density at radius 2 is 1.84 bits per heavy atom. The average Bonchev–Trinajstić information content (AvgIpc) is 3.49. The molecular formula is C30H34N6O. The molecule has 0 aliphatic carbocycles.